The Morgan fingerprint density at radius 3 is 2.42 bits per heavy atom. The van der Waals surface area contributed by atoms with E-state index in [0.717, 1.165) is 18.3 Å². The molecule has 0 saturated carbocycles. The van der Waals surface area contributed by atoms with Gasteiger partial charge in [-0.3, -0.25) is 9.59 Å². The second-order valence-corrected chi connectivity index (χ2v) is 5.27. The fourth-order valence-electron chi connectivity index (χ4n) is 1.77. The highest BCUT2D eigenvalue weighted by molar-refractivity contribution is 6.41. The lowest BCUT2D eigenvalue weighted by molar-refractivity contribution is -0.137. The Morgan fingerprint density at radius 1 is 1.08 bits per heavy atom. The molecule has 0 aromatic heterocycles. The Morgan fingerprint density at radius 2 is 1.77 bits per heavy atom. The van der Waals surface area contributed by atoms with Crippen molar-refractivity contribution >= 4 is 35.3 Å². The van der Waals surface area contributed by atoms with Crippen molar-refractivity contribution in [3.8, 4) is 0 Å². The van der Waals surface area contributed by atoms with Gasteiger partial charge >= 0.3 is 18.0 Å². The van der Waals surface area contributed by atoms with Crippen LogP contribution >= 0.6 is 11.6 Å². The SMILES string of the molecule is O=C(N/N=C/c1ccccc1F)C(=O)Nc1cc(C(F)(F)F)ccc1Cl. The van der Waals surface area contributed by atoms with Crippen LogP contribution in [0.1, 0.15) is 11.1 Å². The molecule has 0 fully saturated rings. The predicted octanol–water partition coefficient (Wildman–Crippen LogP) is 3.59. The van der Waals surface area contributed by atoms with E-state index in [0.29, 0.717) is 6.07 Å². The van der Waals surface area contributed by atoms with Gasteiger partial charge in [0.2, 0.25) is 0 Å². The first-order valence-electron chi connectivity index (χ1n) is 6.94. The molecular formula is C16H10ClF4N3O2. The van der Waals surface area contributed by atoms with Gasteiger partial charge in [-0.15, -0.1) is 0 Å². The van der Waals surface area contributed by atoms with Gasteiger partial charge in [0.25, 0.3) is 0 Å². The molecule has 26 heavy (non-hydrogen) atoms. The van der Waals surface area contributed by atoms with E-state index in [9.17, 15) is 27.2 Å². The maximum Gasteiger partial charge on any atom is 0.416 e. The first-order valence-corrected chi connectivity index (χ1v) is 7.32. The lowest BCUT2D eigenvalue weighted by atomic mass is 10.2. The van der Waals surface area contributed by atoms with Crippen LogP contribution in [0.3, 0.4) is 0 Å². The highest BCUT2D eigenvalue weighted by Crippen LogP contribution is 2.33. The minimum Gasteiger partial charge on any atom is -0.316 e. The molecule has 0 bridgehead atoms. The molecular weight excluding hydrogens is 378 g/mol. The molecule has 0 unspecified atom stereocenters. The number of carbonyl (C=O) groups excluding carboxylic acids is 2. The number of alkyl halides is 3. The molecule has 0 spiro atoms. The Labute approximate surface area is 149 Å². The average Bonchev–Trinajstić information content (AvgIpc) is 2.57. The molecule has 2 aromatic carbocycles. The summed E-state index contributed by atoms with van der Waals surface area (Å²) in [6.45, 7) is 0. The largest absolute Gasteiger partial charge is 0.416 e. The summed E-state index contributed by atoms with van der Waals surface area (Å²) in [6, 6.07) is 7.81. The smallest absolute Gasteiger partial charge is 0.316 e. The molecule has 0 heterocycles. The summed E-state index contributed by atoms with van der Waals surface area (Å²) in [5.41, 5.74) is 0.458. The molecule has 0 saturated heterocycles. The molecule has 0 aliphatic carbocycles. The van der Waals surface area contributed by atoms with Crippen LogP contribution in [0.4, 0.5) is 23.2 Å². The highest BCUT2D eigenvalue weighted by Gasteiger charge is 2.31. The number of benzene rings is 2. The number of hydrogen-bond acceptors (Lipinski definition) is 3. The molecule has 2 rings (SSSR count). The molecule has 136 valence electrons. The van der Waals surface area contributed by atoms with Crippen LogP contribution in [0.5, 0.6) is 0 Å². The number of carbonyl (C=O) groups is 2. The standard InChI is InChI=1S/C16H10ClF4N3O2/c17-11-6-5-10(16(19,20)21)7-13(11)23-14(25)15(26)24-22-8-9-3-1-2-4-12(9)18/h1-8H,(H,23,25)(H,24,26)/b22-8+. The second kappa shape index (κ2) is 7.96. The van der Waals surface area contributed by atoms with Crippen LogP contribution in [0.2, 0.25) is 5.02 Å². The van der Waals surface area contributed by atoms with Gasteiger partial charge in [-0.25, -0.2) is 9.82 Å². The van der Waals surface area contributed by atoms with Gasteiger partial charge in [0.15, 0.2) is 0 Å². The average molecular weight is 388 g/mol. The number of hydrogen-bond donors (Lipinski definition) is 2. The molecule has 5 nitrogen and oxygen atoms in total. The zero-order chi connectivity index (χ0) is 19.3. The number of hydrazone groups is 1. The zero-order valence-corrected chi connectivity index (χ0v) is 13.5. The third kappa shape index (κ3) is 5.03. The summed E-state index contributed by atoms with van der Waals surface area (Å²) in [5.74, 6) is -3.16. The number of nitrogens with zero attached hydrogens (tertiary/aromatic N) is 1. The summed E-state index contributed by atoms with van der Waals surface area (Å²) in [6.07, 6.45) is -3.67. The van der Waals surface area contributed by atoms with Crippen molar-refractivity contribution in [2.24, 2.45) is 5.10 Å². The van der Waals surface area contributed by atoms with Gasteiger partial charge in [0.05, 0.1) is 22.5 Å². The van der Waals surface area contributed by atoms with Crippen molar-refractivity contribution < 1.29 is 27.2 Å². The van der Waals surface area contributed by atoms with Gasteiger partial charge in [0, 0.05) is 5.56 Å². The third-order valence-electron chi connectivity index (χ3n) is 3.02. The maximum absolute atomic E-state index is 13.3. The number of halogens is 5. The van der Waals surface area contributed by atoms with Crippen LogP contribution in [0.15, 0.2) is 47.6 Å². The molecule has 10 heteroatoms. The number of anilines is 1. The number of amides is 2. The van der Waals surface area contributed by atoms with Crippen LogP contribution in [-0.4, -0.2) is 18.0 Å². The van der Waals surface area contributed by atoms with E-state index in [1.165, 1.54) is 24.3 Å². The molecule has 0 aliphatic rings. The molecule has 0 atom stereocenters. The minimum atomic E-state index is -4.64. The van der Waals surface area contributed by atoms with Gasteiger partial charge in [-0.05, 0) is 24.3 Å². The predicted molar refractivity (Wildman–Crippen MR) is 87.2 cm³/mol. The zero-order valence-electron chi connectivity index (χ0n) is 12.8. The fraction of sp³-hybridized carbons (Fsp3) is 0.0625. The fourth-order valence-corrected chi connectivity index (χ4v) is 1.93. The van der Waals surface area contributed by atoms with Gasteiger partial charge in [-0.1, -0.05) is 29.8 Å². The maximum atomic E-state index is 13.3. The van der Waals surface area contributed by atoms with E-state index < -0.39 is 29.4 Å². The summed E-state index contributed by atoms with van der Waals surface area (Å²) in [7, 11) is 0. The Kier molecular flexibility index (Phi) is 5.93. The molecule has 0 aliphatic heterocycles. The molecule has 2 N–H and O–H groups in total. The summed E-state index contributed by atoms with van der Waals surface area (Å²) in [5, 5.41) is 5.17. The molecule has 2 amide bonds. The number of rotatable bonds is 3. The Hall–Kier alpha value is -2.94. The second-order valence-electron chi connectivity index (χ2n) is 4.87. The summed E-state index contributed by atoms with van der Waals surface area (Å²) >= 11 is 5.71. The van der Waals surface area contributed by atoms with E-state index in [1.807, 2.05) is 10.7 Å². The normalized spacial score (nSPS) is 11.4. The molecule has 0 radical (unpaired) electrons. The summed E-state index contributed by atoms with van der Waals surface area (Å²) in [4.78, 5) is 23.3. The highest BCUT2D eigenvalue weighted by atomic mass is 35.5. The monoisotopic (exact) mass is 387 g/mol. The van der Waals surface area contributed by atoms with Gasteiger partial charge in [-0.2, -0.15) is 18.3 Å². The first kappa shape index (κ1) is 19.4. The van der Waals surface area contributed by atoms with Crippen molar-refractivity contribution in [1.82, 2.24) is 5.43 Å². The van der Waals surface area contributed by atoms with Crippen LogP contribution in [0.25, 0.3) is 0 Å². The van der Waals surface area contributed by atoms with E-state index in [4.69, 9.17) is 11.6 Å². The molecule has 2 aromatic rings. The van der Waals surface area contributed by atoms with E-state index >= 15 is 0 Å². The lowest BCUT2D eigenvalue weighted by Gasteiger charge is -2.11. The van der Waals surface area contributed by atoms with Gasteiger partial charge in [0.1, 0.15) is 5.82 Å². The van der Waals surface area contributed by atoms with Crippen molar-refractivity contribution in [1.29, 1.82) is 0 Å². The summed E-state index contributed by atoms with van der Waals surface area (Å²) < 4.78 is 51.4. The first-order chi connectivity index (χ1) is 12.2. The lowest BCUT2D eigenvalue weighted by Crippen LogP contribution is -2.32. The minimum absolute atomic E-state index is 0.0640. The van der Waals surface area contributed by atoms with Crippen LogP contribution in [-0.2, 0) is 15.8 Å². The Bertz CT molecular complexity index is 869. The topological polar surface area (TPSA) is 70.6 Å². The quantitative estimate of drug-likeness (QED) is 0.366. The van der Waals surface area contributed by atoms with Crippen molar-refractivity contribution in [2.45, 2.75) is 6.18 Å². The van der Waals surface area contributed by atoms with Crippen LogP contribution in [0, 0.1) is 5.82 Å². The van der Waals surface area contributed by atoms with Crippen molar-refractivity contribution in [3.63, 3.8) is 0 Å². The van der Waals surface area contributed by atoms with Crippen molar-refractivity contribution in [2.75, 3.05) is 5.32 Å². The third-order valence-corrected chi connectivity index (χ3v) is 3.35. The van der Waals surface area contributed by atoms with E-state index in [-0.39, 0.29) is 16.3 Å². The van der Waals surface area contributed by atoms with E-state index in [2.05, 4.69) is 5.10 Å². The van der Waals surface area contributed by atoms with Crippen LogP contribution < -0.4 is 10.7 Å². The number of nitrogens with one attached hydrogen (secondary N) is 2. The van der Waals surface area contributed by atoms with Crippen molar-refractivity contribution in [3.05, 3.63) is 64.4 Å². The van der Waals surface area contributed by atoms with Gasteiger partial charge < -0.3 is 5.32 Å². The van der Waals surface area contributed by atoms with E-state index in [1.54, 1.807) is 0 Å². The Balaban J connectivity index is 2.03.